The first-order valence-corrected chi connectivity index (χ1v) is 15.9. The van der Waals surface area contributed by atoms with Gasteiger partial charge in [-0.15, -0.1) is 0 Å². The van der Waals surface area contributed by atoms with Gasteiger partial charge in [0.05, 0.1) is 30.9 Å². The number of aliphatic hydroxyl groups is 2. The van der Waals surface area contributed by atoms with Crippen LogP contribution in [0.25, 0.3) is 5.76 Å². The first kappa shape index (κ1) is 35.3. The van der Waals surface area contributed by atoms with Gasteiger partial charge in [-0.05, 0) is 71.3 Å². The zero-order valence-electron chi connectivity index (χ0n) is 28.8. The molecule has 5 rings (SSSR count). The van der Waals surface area contributed by atoms with Crippen LogP contribution < -0.4 is 14.2 Å². The molecule has 1 aromatic carbocycles. The van der Waals surface area contributed by atoms with Gasteiger partial charge < -0.3 is 43.2 Å². The summed E-state index contributed by atoms with van der Waals surface area (Å²) in [5, 5.41) is 28.2. The minimum Gasteiger partial charge on any atom is -0.507 e. The molecule has 0 unspecified atom stereocenters. The Morgan fingerprint density at radius 1 is 1.15 bits per heavy atom. The second-order valence-corrected chi connectivity index (χ2v) is 13.5. The monoisotopic (exact) mass is 672 g/mol. The lowest BCUT2D eigenvalue weighted by molar-refractivity contribution is -0.142. The van der Waals surface area contributed by atoms with E-state index in [1.807, 2.05) is 6.92 Å². The number of fused-ring (bicyclic) bond motifs is 4. The average Bonchev–Trinajstić information content (AvgIpc) is 3.41. The first-order valence-electron chi connectivity index (χ1n) is 15.9. The summed E-state index contributed by atoms with van der Waals surface area (Å²) in [5.74, 6) is -3.87. The maximum absolute atomic E-state index is 14.6. The molecular weight excluding hydrogens is 628 g/mol. The fraction of sp³-hybridized carbons (Fsp3) is 0.588. The molecular formula is C34H44N2O12. The summed E-state index contributed by atoms with van der Waals surface area (Å²) in [6.45, 7) is 7.24. The quantitative estimate of drug-likeness (QED) is 0.116. The van der Waals surface area contributed by atoms with Crippen molar-refractivity contribution in [1.82, 2.24) is 10.1 Å². The molecule has 0 spiro atoms. The molecule has 14 nitrogen and oxygen atoms in total. The summed E-state index contributed by atoms with van der Waals surface area (Å²) in [4.78, 5) is 43.5. The first-order chi connectivity index (χ1) is 22.6. The number of carbonyl (C=O) groups excluding carboxylic acids is 3. The summed E-state index contributed by atoms with van der Waals surface area (Å²) in [6, 6.07) is 0.664. The van der Waals surface area contributed by atoms with Crippen molar-refractivity contribution in [2.24, 2.45) is 11.8 Å². The van der Waals surface area contributed by atoms with E-state index >= 15 is 0 Å². The molecule has 0 bridgehead atoms. The Morgan fingerprint density at radius 2 is 1.83 bits per heavy atom. The van der Waals surface area contributed by atoms with E-state index in [-0.39, 0.29) is 59.3 Å². The number of hydrogen-bond acceptors (Lipinski definition) is 14. The van der Waals surface area contributed by atoms with E-state index in [1.165, 1.54) is 27.4 Å². The summed E-state index contributed by atoms with van der Waals surface area (Å²) in [7, 11) is 7.79. The fourth-order valence-corrected chi connectivity index (χ4v) is 7.11. The molecule has 3 aliphatic rings. The Morgan fingerprint density at radius 3 is 2.42 bits per heavy atom. The SMILES string of the molecule is CCCCOc1noc2c1C(=O)[C@@]1(O)C(=O)C3=C(O)c4c(OC(=O)OC(C)(C)C)cc(C(OC)OC)c(OC)c4C[C@H]3C[C@H]1[C@@H]2N(C)C. The highest BCUT2D eigenvalue weighted by molar-refractivity contribution is 6.26. The Bertz CT molecular complexity index is 1630. The van der Waals surface area contributed by atoms with Crippen LogP contribution in [0.1, 0.15) is 92.1 Å². The van der Waals surface area contributed by atoms with Crippen LogP contribution in [0.5, 0.6) is 17.4 Å². The zero-order chi connectivity index (χ0) is 35.3. The van der Waals surface area contributed by atoms with Gasteiger partial charge in [0.1, 0.15) is 28.4 Å². The van der Waals surface area contributed by atoms with Crippen LogP contribution in [0, 0.1) is 11.8 Å². The van der Waals surface area contributed by atoms with E-state index in [4.69, 9.17) is 32.9 Å². The summed E-state index contributed by atoms with van der Waals surface area (Å²) in [6.07, 6.45) is -0.293. The van der Waals surface area contributed by atoms with Gasteiger partial charge in [-0.3, -0.25) is 14.5 Å². The molecule has 3 aliphatic carbocycles. The van der Waals surface area contributed by atoms with E-state index in [2.05, 4.69) is 5.16 Å². The number of Topliss-reactive ketones (excluding diaryl/α,β-unsaturated/α-hetero) is 2. The molecule has 2 aromatic rings. The van der Waals surface area contributed by atoms with E-state index < -0.39 is 58.9 Å². The van der Waals surface area contributed by atoms with Crippen LogP contribution in [0.4, 0.5) is 4.79 Å². The van der Waals surface area contributed by atoms with E-state index in [0.29, 0.717) is 17.5 Å². The lowest BCUT2D eigenvalue weighted by Crippen LogP contribution is -2.63. The van der Waals surface area contributed by atoms with Crippen LogP contribution >= 0.6 is 0 Å². The van der Waals surface area contributed by atoms with Crippen LogP contribution in [-0.4, -0.2) is 91.2 Å². The molecule has 262 valence electrons. The third-order valence-corrected chi connectivity index (χ3v) is 9.06. The Balaban J connectivity index is 1.70. The number of nitrogens with zero attached hydrogens (tertiary/aromatic N) is 2. The lowest BCUT2D eigenvalue weighted by atomic mass is 9.57. The van der Waals surface area contributed by atoms with Gasteiger partial charge in [-0.25, -0.2) is 4.79 Å². The topological polar surface area (TPSA) is 176 Å². The van der Waals surface area contributed by atoms with Crippen molar-refractivity contribution >= 4 is 23.5 Å². The molecule has 2 N–H and O–H groups in total. The smallest absolute Gasteiger partial charge is 0.507 e. The van der Waals surface area contributed by atoms with Crippen LogP contribution in [0.2, 0.25) is 0 Å². The highest BCUT2D eigenvalue weighted by atomic mass is 16.7. The molecule has 4 atom stereocenters. The van der Waals surface area contributed by atoms with Crippen molar-refractivity contribution in [3.05, 3.63) is 39.7 Å². The number of aromatic nitrogens is 1. The summed E-state index contributed by atoms with van der Waals surface area (Å²) >= 11 is 0. The number of unbranched alkanes of at least 4 members (excludes halogenated alkanes) is 1. The Kier molecular flexibility index (Phi) is 9.67. The Labute approximate surface area is 278 Å². The van der Waals surface area contributed by atoms with Crippen molar-refractivity contribution in [2.45, 2.75) is 76.9 Å². The van der Waals surface area contributed by atoms with Gasteiger partial charge in [0.2, 0.25) is 11.6 Å². The van der Waals surface area contributed by atoms with Gasteiger partial charge >= 0.3 is 6.16 Å². The zero-order valence-corrected chi connectivity index (χ0v) is 28.8. The predicted octanol–water partition coefficient (Wildman–Crippen LogP) is 4.73. The number of carbonyl (C=O) groups is 3. The third-order valence-electron chi connectivity index (χ3n) is 9.06. The Hall–Kier alpha value is -3.98. The second-order valence-electron chi connectivity index (χ2n) is 13.5. The molecule has 1 aromatic heterocycles. The van der Waals surface area contributed by atoms with E-state index in [0.717, 1.165) is 6.42 Å². The normalized spacial score (nSPS) is 23.5. The van der Waals surface area contributed by atoms with Crippen molar-refractivity contribution < 1.29 is 57.5 Å². The van der Waals surface area contributed by atoms with Crippen molar-refractivity contribution in [3.8, 4) is 17.4 Å². The van der Waals surface area contributed by atoms with Crippen molar-refractivity contribution in [1.29, 1.82) is 0 Å². The molecule has 0 radical (unpaired) electrons. The molecule has 0 saturated heterocycles. The maximum Gasteiger partial charge on any atom is 0.514 e. The number of benzene rings is 1. The van der Waals surface area contributed by atoms with Crippen LogP contribution in [0.15, 0.2) is 16.2 Å². The van der Waals surface area contributed by atoms with Gasteiger partial charge in [-0.1, -0.05) is 13.3 Å². The predicted molar refractivity (Wildman–Crippen MR) is 169 cm³/mol. The minimum atomic E-state index is -2.58. The van der Waals surface area contributed by atoms with E-state index in [9.17, 15) is 24.6 Å². The molecule has 1 saturated carbocycles. The number of ether oxygens (including phenoxy) is 6. The molecule has 1 fully saturated rings. The number of aliphatic hydroxyl groups excluding tert-OH is 1. The van der Waals surface area contributed by atoms with Gasteiger partial charge in [-0.2, -0.15) is 0 Å². The molecule has 0 amide bonds. The molecule has 14 heteroatoms. The lowest BCUT2D eigenvalue weighted by Gasteiger charge is -2.49. The molecule has 1 heterocycles. The number of hydrogen-bond donors (Lipinski definition) is 2. The largest absolute Gasteiger partial charge is 0.514 e. The average molecular weight is 673 g/mol. The van der Waals surface area contributed by atoms with E-state index in [1.54, 1.807) is 39.8 Å². The standard InChI is InChI=1S/C34H44N2O12/c1-10-11-12-45-30-23-27(48-35-30)24(36(5)6)19-14-16-13-17-22(25(37)21(16)28(38)34(19,41)29(23)39)20(46-32(40)47-33(2,3)4)15-18(26(17)42-7)31(43-8)44-9/h15-16,19,24,31,37,41H,10-14H2,1-9H3/t16-,19-,24-,34-/m0/s1. The molecule has 48 heavy (non-hydrogen) atoms. The van der Waals surface area contributed by atoms with Gasteiger partial charge in [0.25, 0.3) is 5.88 Å². The van der Waals surface area contributed by atoms with Crippen LogP contribution in [0.3, 0.4) is 0 Å². The highest BCUT2D eigenvalue weighted by Crippen LogP contribution is 2.57. The number of rotatable bonds is 10. The van der Waals surface area contributed by atoms with Crippen molar-refractivity contribution in [3.63, 3.8) is 0 Å². The molecule has 0 aliphatic heterocycles. The summed E-state index contributed by atoms with van der Waals surface area (Å²) in [5.41, 5.74) is -3.00. The summed E-state index contributed by atoms with van der Waals surface area (Å²) < 4.78 is 39.3. The third kappa shape index (κ3) is 5.74. The number of methoxy groups -OCH3 is 3. The van der Waals surface area contributed by atoms with Crippen molar-refractivity contribution in [2.75, 3.05) is 42.0 Å². The van der Waals surface area contributed by atoms with Crippen LogP contribution in [-0.2, 0) is 25.4 Å². The van der Waals surface area contributed by atoms with Gasteiger partial charge in [0.15, 0.2) is 17.7 Å². The minimum absolute atomic E-state index is 0.0178. The maximum atomic E-state index is 14.6. The number of ketones is 2. The fourth-order valence-electron chi connectivity index (χ4n) is 7.11. The van der Waals surface area contributed by atoms with Gasteiger partial charge in [0, 0.05) is 31.3 Å². The second kappa shape index (κ2) is 13.1. The highest BCUT2D eigenvalue weighted by Gasteiger charge is 2.65.